The number of nitrogens with zero attached hydrogens (tertiary/aromatic N) is 2. The minimum absolute atomic E-state index is 0.0299. The second-order valence-corrected chi connectivity index (χ2v) is 7.20. The first kappa shape index (κ1) is 16.9. The molecular weight excluding hydrogens is 358 g/mol. The summed E-state index contributed by atoms with van der Waals surface area (Å²) in [6.07, 6.45) is 1.35. The molecule has 1 fully saturated rings. The van der Waals surface area contributed by atoms with E-state index in [1.807, 2.05) is 0 Å². The van der Waals surface area contributed by atoms with Crippen LogP contribution >= 0.6 is 11.3 Å². The molecule has 134 valence electrons. The minimum Gasteiger partial charge on any atom is -0.467 e. The molecule has 4 rings (SSSR count). The van der Waals surface area contributed by atoms with Crippen molar-refractivity contribution in [3.05, 3.63) is 59.7 Å². The van der Waals surface area contributed by atoms with E-state index in [1.54, 1.807) is 11.0 Å². The molecule has 0 bridgehead atoms. The lowest BCUT2D eigenvalue weighted by Crippen LogP contribution is -2.41. The van der Waals surface area contributed by atoms with Gasteiger partial charge in [0.2, 0.25) is 0 Å². The van der Waals surface area contributed by atoms with E-state index in [2.05, 4.69) is 4.98 Å². The maximum absolute atomic E-state index is 13.3. The highest BCUT2D eigenvalue weighted by Crippen LogP contribution is 2.30. The second-order valence-electron chi connectivity index (χ2n) is 6.21. The van der Waals surface area contributed by atoms with E-state index in [4.69, 9.17) is 4.74 Å². The number of hydrogen-bond donors (Lipinski definition) is 0. The van der Waals surface area contributed by atoms with E-state index in [1.165, 1.54) is 47.7 Å². The molecule has 0 saturated carbocycles. The van der Waals surface area contributed by atoms with Gasteiger partial charge in [-0.05, 0) is 42.5 Å². The Labute approximate surface area is 153 Å². The van der Waals surface area contributed by atoms with Crippen LogP contribution in [0.5, 0.6) is 5.19 Å². The van der Waals surface area contributed by atoms with Crippen LogP contribution in [-0.2, 0) is 0 Å². The smallest absolute Gasteiger partial charge is 0.274 e. The Morgan fingerprint density at radius 2 is 1.77 bits per heavy atom. The van der Waals surface area contributed by atoms with Crippen molar-refractivity contribution in [1.29, 1.82) is 0 Å². The maximum Gasteiger partial charge on any atom is 0.274 e. The Kier molecular flexibility index (Phi) is 4.55. The van der Waals surface area contributed by atoms with Gasteiger partial charge in [0.05, 0.1) is 10.2 Å². The number of halogens is 2. The Hall–Kier alpha value is -2.54. The SMILES string of the molecule is O=C(c1ccc(F)cc1)N1CCC(Oc2nc3ccc(F)cc3s2)CC1. The van der Waals surface area contributed by atoms with Crippen molar-refractivity contribution < 1.29 is 18.3 Å². The van der Waals surface area contributed by atoms with E-state index >= 15 is 0 Å². The van der Waals surface area contributed by atoms with Gasteiger partial charge in [0, 0.05) is 31.5 Å². The first-order chi connectivity index (χ1) is 12.6. The lowest BCUT2D eigenvalue weighted by Gasteiger charge is -2.31. The lowest BCUT2D eigenvalue weighted by atomic mass is 10.1. The molecule has 1 amide bonds. The summed E-state index contributed by atoms with van der Waals surface area (Å²) in [6, 6.07) is 10.0. The molecule has 1 aliphatic rings. The Morgan fingerprint density at radius 1 is 1.08 bits per heavy atom. The van der Waals surface area contributed by atoms with E-state index < -0.39 is 0 Å². The van der Waals surface area contributed by atoms with Crippen molar-refractivity contribution in [2.45, 2.75) is 18.9 Å². The third-order valence-electron chi connectivity index (χ3n) is 4.42. The van der Waals surface area contributed by atoms with E-state index in [0.717, 1.165) is 10.2 Å². The van der Waals surface area contributed by atoms with E-state index in [9.17, 15) is 13.6 Å². The molecule has 2 aromatic carbocycles. The topological polar surface area (TPSA) is 42.4 Å². The van der Waals surface area contributed by atoms with Crippen molar-refractivity contribution >= 4 is 27.5 Å². The molecule has 0 N–H and O–H groups in total. The largest absolute Gasteiger partial charge is 0.467 e. The molecule has 0 unspecified atom stereocenters. The van der Waals surface area contributed by atoms with Gasteiger partial charge in [0.25, 0.3) is 11.1 Å². The van der Waals surface area contributed by atoms with Crippen LogP contribution in [0.1, 0.15) is 23.2 Å². The first-order valence-electron chi connectivity index (χ1n) is 8.36. The predicted octanol–water partition coefficient (Wildman–Crippen LogP) is 4.26. The van der Waals surface area contributed by atoms with Gasteiger partial charge in [-0.3, -0.25) is 4.79 Å². The van der Waals surface area contributed by atoms with Crippen molar-refractivity contribution in [3.8, 4) is 5.19 Å². The number of carbonyl (C=O) groups excluding carboxylic acids is 1. The molecule has 0 radical (unpaired) electrons. The fourth-order valence-corrected chi connectivity index (χ4v) is 3.93. The van der Waals surface area contributed by atoms with Gasteiger partial charge in [0.15, 0.2) is 0 Å². The highest BCUT2D eigenvalue weighted by Gasteiger charge is 2.25. The highest BCUT2D eigenvalue weighted by molar-refractivity contribution is 7.20. The zero-order valence-electron chi connectivity index (χ0n) is 13.8. The number of fused-ring (bicyclic) bond motifs is 1. The van der Waals surface area contributed by atoms with E-state index in [-0.39, 0.29) is 23.6 Å². The molecule has 26 heavy (non-hydrogen) atoms. The van der Waals surface area contributed by atoms with Gasteiger partial charge in [-0.15, -0.1) is 0 Å². The number of piperidine rings is 1. The van der Waals surface area contributed by atoms with Gasteiger partial charge in [-0.1, -0.05) is 11.3 Å². The summed E-state index contributed by atoms with van der Waals surface area (Å²) < 4.78 is 32.9. The maximum atomic E-state index is 13.3. The van der Waals surface area contributed by atoms with Crippen molar-refractivity contribution in [3.63, 3.8) is 0 Å². The number of ether oxygens (including phenoxy) is 1. The number of thiazole rings is 1. The number of carbonyl (C=O) groups is 1. The molecule has 7 heteroatoms. The first-order valence-corrected chi connectivity index (χ1v) is 9.18. The Balaban J connectivity index is 1.37. The van der Waals surface area contributed by atoms with Crippen LogP contribution in [0.25, 0.3) is 10.2 Å². The minimum atomic E-state index is -0.357. The van der Waals surface area contributed by atoms with Crippen molar-refractivity contribution in [2.75, 3.05) is 13.1 Å². The van der Waals surface area contributed by atoms with Gasteiger partial charge in [-0.25, -0.2) is 13.8 Å². The molecule has 0 aliphatic carbocycles. The zero-order valence-corrected chi connectivity index (χ0v) is 14.6. The molecular formula is C19H16F2N2O2S. The monoisotopic (exact) mass is 374 g/mol. The summed E-state index contributed by atoms with van der Waals surface area (Å²) in [5.74, 6) is -0.747. The van der Waals surface area contributed by atoms with Gasteiger partial charge < -0.3 is 9.64 Å². The summed E-state index contributed by atoms with van der Waals surface area (Å²) in [6.45, 7) is 1.14. The number of likely N-dealkylation sites (tertiary alicyclic amines) is 1. The van der Waals surface area contributed by atoms with Gasteiger partial charge in [-0.2, -0.15) is 0 Å². The third kappa shape index (κ3) is 3.53. The summed E-state index contributed by atoms with van der Waals surface area (Å²) in [7, 11) is 0. The molecule has 0 atom stereocenters. The van der Waals surface area contributed by atoms with Crippen LogP contribution in [0.2, 0.25) is 0 Å². The standard InChI is InChI=1S/C19H16F2N2O2S/c20-13-3-1-12(2-4-13)18(24)23-9-7-15(8-10-23)25-19-22-16-6-5-14(21)11-17(16)26-19/h1-6,11,15H,7-10H2. The van der Waals surface area contributed by atoms with Crippen LogP contribution in [0, 0.1) is 11.6 Å². The van der Waals surface area contributed by atoms with Crippen molar-refractivity contribution in [1.82, 2.24) is 9.88 Å². The molecule has 1 aliphatic heterocycles. The molecule has 4 nitrogen and oxygen atoms in total. The number of hydrogen-bond acceptors (Lipinski definition) is 4. The molecule has 0 spiro atoms. The normalized spacial score (nSPS) is 15.4. The zero-order chi connectivity index (χ0) is 18.1. The summed E-state index contributed by atoms with van der Waals surface area (Å²) in [5.41, 5.74) is 1.20. The van der Waals surface area contributed by atoms with E-state index in [0.29, 0.717) is 36.7 Å². The summed E-state index contributed by atoms with van der Waals surface area (Å²) in [4.78, 5) is 18.6. The average Bonchev–Trinajstić information content (AvgIpc) is 3.03. The second kappa shape index (κ2) is 6.99. The predicted molar refractivity (Wildman–Crippen MR) is 95.5 cm³/mol. The van der Waals surface area contributed by atoms with Crippen molar-refractivity contribution in [2.24, 2.45) is 0 Å². The summed E-state index contributed by atoms with van der Waals surface area (Å²) in [5, 5.41) is 0.522. The molecule has 1 saturated heterocycles. The molecule has 1 aromatic heterocycles. The number of benzene rings is 2. The number of aromatic nitrogens is 1. The fraction of sp³-hybridized carbons (Fsp3) is 0.263. The quantitative estimate of drug-likeness (QED) is 0.688. The number of rotatable bonds is 3. The van der Waals surface area contributed by atoms with Crippen LogP contribution in [0.15, 0.2) is 42.5 Å². The fourth-order valence-electron chi connectivity index (χ4n) is 3.02. The lowest BCUT2D eigenvalue weighted by molar-refractivity contribution is 0.0595. The molecule has 3 aromatic rings. The summed E-state index contributed by atoms with van der Waals surface area (Å²) >= 11 is 1.32. The van der Waals surface area contributed by atoms with Gasteiger partial charge in [0.1, 0.15) is 17.7 Å². The van der Waals surface area contributed by atoms with Crippen LogP contribution in [-0.4, -0.2) is 35.0 Å². The average molecular weight is 374 g/mol. The van der Waals surface area contributed by atoms with Crippen LogP contribution in [0.4, 0.5) is 8.78 Å². The highest BCUT2D eigenvalue weighted by atomic mass is 32.1. The number of amides is 1. The third-order valence-corrected chi connectivity index (χ3v) is 5.33. The van der Waals surface area contributed by atoms with Crippen LogP contribution in [0.3, 0.4) is 0 Å². The Bertz CT molecular complexity index is 934. The van der Waals surface area contributed by atoms with Crippen LogP contribution < -0.4 is 4.74 Å². The van der Waals surface area contributed by atoms with Gasteiger partial charge >= 0.3 is 0 Å². The Morgan fingerprint density at radius 3 is 2.50 bits per heavy atom. The molecule has 2 heterocycles.